The predicted molar refractivity (Wildman–Crippen MR) is 205 cm³/mol. The number of nitrogens with zero attached hydrogens (tertiary/aromatic N) is 7. The second kappa shape index (κ2) is 15.2. The van der Waals surface area contributed by atoms with Gasteiger partial charge in [-0.05, 0) is 45.0 Å². The highest BCUT2D eigenvalue weighted by atomic mass is 35.5. The van der Waals surface area contributed by atoms with Gasteiger partial charge in [-0.2, -0.15) is 10.2 Å². The number of rotatable bonds is 8. The van der Waals surface area contributed by atoms with E-state index in [0.717, 1.165) is 26.3 Å². The van der Waals surface area contributed by atoms with Crippen LogP contribution in [-0.4, -0.2) is 85.7 Å². The number of benzene rings is 2. The van der Waals surface area contributed by atoms with Gasteiger partial charge in [-0.3, -0.25) is 24.4 Å². The van der Waals surface area contributed by atoms with Gasteiger partial charge in [0.1, 0.15) is 11.6 Å². The summed E-state index contributed by atoms with van der Waals surface area (Å²) >= 11 is 12.7. The molecule has 4 aromatic heterocycles. The molecule has 0 unspecified atom stereocenters. The van der Waals surface area contributed by atoms with Crippen molar-refractivity contribution in [2.45, 2.75) is 58.8 Å². The van der Waals surface area contributed by atoms with Gasteiger partial charge in [0.15, 0.2) is 23.4 Å². The molecule has 0 aliphatic carbocycles. The first-order chi connectivity index (χ1) is 26.8. The summed E-state index contributed by atoms with van der Waals surface area (Å²) < 4.78 is 28.3. The van der Waals surface area contributed by atoms with E-state index in [2.05, 4.69) is 35.8 Å². The molecule has 0 saturated heterocycles. The normalized spacial score (nSPS) is 13.7. The number of carbonyl (C=O) groups is 2. The lowest BCUT2D eigenvalue weighted by Crippen LogP contribution is -2.60. The van der Waals surface area contributed by atoms with Crippen molar-refractivity contribution in [2.75, 3.05) is 13.2 Å². The van der Waals surface area contributed by atoms with E-state index in [1.165, 1.54) is 36.8 Å². The van der Waals surface area contributed by atoms with Gasteiger partial charge in [0.25, 0.3) is 11.1 Å². The summed E-state index contributed by atoms with van der Waals surface area (Å²) in [4.78, 5) is 65.1. The Kier molecular flexibility index (Phi) is 10.9. The molecule has 0 fully saturated rings. The number of aliphatic hydroxyl groups excluding tert-OH is 2. The maximum absolute atomic E-state index is 14.5. The van der Waals surface area contributed by atoms with Crippen LogP contribution < -0.4 is 16.5 Å². The highest BCUT2D eigenvalue weighted by Crippen LogP contribution is 2.43. The minimum absolute atomic E-state index is 0.0331. The van der Waals surface area contributed by atoms with Crippen molar-refractivity contribution in [1.82, 2.24) is 49.9 Å². The number of H-pyrrole nitrogens is 2. The largest absolute Gasteiger partial charge is 0.434 e. The van der Waals surface area contributed by atoms with Crippen LogP contribution in [0.2, 0.25) is 10.0 Å². The van der Waals surface area contributed by atoms with Crippen LogP contribution in [0.3, 0.4) is 0 Å². The van der Waals surface area contributed by atoms with Crippen molar-refractivity contribution in [1.29, 1.82) is 0 Å². The van der Waals surface area contributed by atoms with Gasteiger partial charge in [0, 0.05) is 17.7 Å². The summed E-state index contributed by atoms with van der Waals surface area (Å²) in [5.74, 6) is -1.30. The maximum atomic E-state index is 14.5. The number of nitrogens with one attached hydrogen (secondary N) is 3. The molecule has 0 aliphatic rings. The highest BCUT2D eigenvalue weighted by Gasteiger charge is 2.53. The first kappa shape index (κ1) is 40.8. The third kappa shape index (κ3) is 7.41. The molecule has 18 nitrogen and oxygen atoms in total. The molecule has 0 saturated carbocycles. The van der Waals surface area contributed by atoms with Crippen LogP contribution in [0, 0.1) is 11.2 Å². The number of amides is 2. The van der Waals surface area contributed by atoms with Crippen molar-refractivity contribution < 1.29 is 33.7 Å². The Morgan fingerprint density at radius 3 is 2.33 bits per heavy atom. The topological polar surface area (TPSA) is 235 Å². The number of aromatic amines is 2. The summed E-state index contributed by atoms with van der Waals surface area (Å²) in [6.07, 6.45) is -0.115. The molecule has 0 bridgehead atoms. The number of aliphatic hydroxyl groups is 2. The molecule has 0 radical (unpaired) electrons. The van der Waals surface area contributed by atoms with Crippen molar-refractivity contribution >= 4 is 57.2 Å². The molecule has 6 aromatic rings. The Morgan fingerprint density at radius 2 is 1.74 bits per heavy atom. The van der Waals surface area contributed by atoms with Crippen molar-refractivity contribution in [3.8, 4) is 11.5 Å². The molecular formula is C36H37Cl2FN10O8. The standard InChI is InChI=1S/C36H37Cl2FN10O8/c1-34(2,3)36(17-51,31-44-27-20(12-18(39)13-22(27)38)29(52)48(31)25-10-11-40-45-25)57-33(55)49(35(4,5)6)46-32(54)56-24(16-50)28-43-23-9-7-8-21(37)26(23)30(53)47(28)19-14-41-42-15-19/h7-15,24,50-51H,16-17H2,1-6H3,(H,40,45)(H,41,42)(H,46,54)/t24-,36-/m0/s1. The first-order valence-electron chi connectivity index (χ1n) is 17.2. The van der Waals surface area contributed by atoms with Crippen LogP contribution in [-0.2, 0) is 15.1 Å². The zero-order valence-electron chi connectivity index (χ0n) is 31.3. The smallest absolute Gasteiger partial charge is 0.430 e. The van der Waals surface area contributed by atoms with Crippen molar-refractivity contribution in [3.63, 3.8) is 0 Å². The molecule has 57 heavy (non-hydrogen) atoms. The van der Waals surface area contributed by atoms with E-state index in [9.17, 15) is 33.8 Å². The summed E-state index contributed by atoms with van der Waals surface area (Å²) in [5, 5.41) is 35.2. The Labute approximate surface area is 332 Å². The van der Waals surface area contributed by atoms with E-state index in [-0.39, 0.29) is 55.0 Å². The fourth-order valence-electron chi connectivity index (χ4n) is 6.10. The van der Waals surface area contributed by atoms with E-state index in [1.54, 1.807) is 47.6 Å². The van der Waals surface area contributed by atoms with Gasteiger partial charge in [-0.1, -0.05) is 50.0 Å². The number of fused-ring (bicyclic) bond motifs is 2. The van der Waals surface area contributed by atoms with Gasteiger partial charge in [0.2, 0.25) is 0 Å². The summed E-state index contributed by atoms with van der Waals surface area (Å²) in [7, 11) is 0. The van der Waals surface area contributed by atoms with Gasteiger partial charge < -0.3 is 19.7 Å². The van der Waals surface area contributed by atoms with Crippen LogP contribution in [0.4, 0.5) is 14.0 Å². The molecule has 5 N–H and O–H groups in total. The molecule has 300 valence electrons. The SMILES string of the molecule is CC(C)(C)N(NC(=O)O[C@@H](CO)c1nc2cccc(Cl)c2c(=O)n1-c1cn[nH]c1)C(=O)O[C@@](CO)(c1nc2c(Cl)cc(F)cc2c(=O)n1-c1ccn[nH]1)C(C)(C)C. The first-order valence-corrected chi connectivity index (χ1v) is 17.9. The molecule has 2 amide bonds. The third-order valence-electron chi connectivity index (χ3n) is 9.05. The predicted octanol–water partition coefficient (Wildman–Crippen LogP) is 4.82. The average Bonchev–Trinajstić information content (AvgIpc) is 3.87. The number of hydrazine groups is 1. The number of halogens is 3. The molecular weight excluding hydrogens is 790 g/mol. The molecule has 0 aliphatic heterocycles. The van der Waals surface area contributed by atoms with Crippen molar-refractivity contribution in [2.24, 2.45) is 5.41 Å². The average molecular weight is 828 g/mol. The zero-order chi connectivity index (χ0) is 41.6. The Balaban J connectivity index is 1.41. The fourth-order valence-corrected chi connectivity index (χ4v) is 6.59. The van der Waals surface area contributed by atoms with E-state index in [4.69, 9.17) is 32.7 Å². The maximum Gasteiger partial charge on any atom is 0.430 e. The minimum Gasteiger partial charge on any atom is -0.434 e. The second-order valence-electron chi connectivity index (χ2n) is 14.8. The Hall–Kier alpha value is -5.89. The molecule has 2 atom stereocenters. The van der Waals surface area contributed by atoms with Gasteiger partial charge in [-0.15, -0.1) is 0 Å². The Bertz CT molecular complexity index is 2600. The van der Waals surface area contributed by atoms with E-state index in [1.807, 2.05) is 0 Å². The quantitative estimate of drug-likeness (QED) is 0.130. The minimum atomic E-state index is -2.19. The zero-order valence-corrected chi connectivity index (χ0v) is 32.8. The van der Waals surface area contributed by atoms with Crippen LogP contribution in [0.15, 0.2) is 64.6 Å². The summed E-state index contributed by atoms with van der Waals surface area (Å²) in [6, 6.07) is 7.91. The molecule has 4 heterocycles. The summed E-state index contributed by atoms with van der Waals surface area (Å²) in [6.45, 7) is 7.62. The molecule has 0 spiro atoms. The number of carbonyl (C=O) groups excluding carboxylic acids is 2. The third-order valence-corrected chi connectivity index (χ3v) is 9.65. The second-order valence-corrected chi connectivity index (χ2v) is 15.6. The van der Waals surface area contributed by atoms with Gasteiger partial charge in [0.05, 0.1) is 68.7 Å². The van der Waals surface area contributed by atoms with Crippen LogP contribution >= 0.6 is 23.2 Å². The number of ether oxygens (including phenoxy) is 2. The molecule has 6 rings (SSSR count). The molecule has 21 heteroatoms. The number of hydrogen-bond donors (Lipinski definition) is 5. The fraction of sp³-hybridized carbons (Fsp3) is 0.333. The van der Waals surface area contributed by atoms with Crippen LogP contribution in [0.5, 0.6) is 0 Å². The van der Waals surface area contributed by atoms with E-state index < -0.39 is 65.0 Å². The van der Waals surface area contributed by atoms with Crippen LogP contribution in [0.1, 0.15) is 59.3 Å². The van der Waals surface area contributed by atoms with Crippen molar-refractivity contribution in [3.05, 3.63) is 103 Å². The lowest BCUT2D eigenvalue weighted by molar-refractivity contribution is -0.131. The molecule has 2 aromatic carbocycles. The summed E-state index contributed by atoms with van der Waals surface area (Å²) in [5.41, 5.74) is -3.69. The number of aromatic nitrogens is 8. The highest BCUT2D eigenvalue weighted by molar-refractivity contribution is 6.35. The van der Waals surface area contributed by atoms with Crippen LogP contribution in [0.25, 0.3) is 33.3 Å². The number of hydrogen-bond acceptors (Lipinski definition) is 12. The lowest BCUT2D eigenvalue weighted by Gasteiger charge is -2.44. The van der Waals surface area contributed by atoms with Gasteiger partial charge in [-0.25, -0.2) is 38.9 Å². The van der Waals surface area contributed by atoms with E-state index in [0.29, 0.717) is 0 Å². The Morgan fingerprint density at radius 1 is 1.00 bits per heavy atom. The van der Waals surface area contributed by atoms with E-state index >= 15 is 0 Å². The lowest BCUT2D eigenvalue weighted by atomic mass is 9.75. The monoisotopic (exact) mass is 826 g/mol. The van der Waals surface area contributed by atoms with Gasteiger partial charge >= 0.3 is 12.2 Å².